The van der Waals surface area contributed by atoms with E-state index in [1.54, 1.807) is 12.3 Å². The lowest BCUT2D eigenvalue weighted by Crippen LogP contribution is -2.07. The summed E-state index contributed by atoms with van der Waals surface area (Å²) < 4.78 is 2.08. The van der Waals surface area contributed by atoms with Crippen LogP contribution in [0.1, 0.15) is 18.7 Å². The second-order valence-electron chi connectivity index (χ2n) is 4.16. The quantitative estimate of drug-likeness (QED) is 0.754. The molecule has 3 N–H and O–H groups in total. The van der Waals surface area contributed by atoms with Crippen molar-refractivity contribution in [1.82, 2.24) is 19.5 Å². The van der Waals surface area contributed by atoms with Crippen LogP contribution in [0.5, 0.6) is 0 Å². The van der Waals surface area contributed by atoms with Crippen LogP contribution >= 0.6 is 0 Å². The Balaban J connectivity index is 1.68. The van der Waals surface area contributed by atoms with Gasteiger partial charge in [-0.3, -0.25) is 0 Å². The molecule has 0 atom stereocenters. The number of imidazole rings is 1. The summed E-state index contributed by atoms with van der Waals surface area (Å²) in [6.07, 6.45) is 7.78. The molecule has 2 aromatic heterocycles. The molecule has 0 aromatic carbocycles. The fraction of sp³-hybridized carbons (Fsp3) is 0.417. The first-order chi connectivity index (χ1) is 8.74. The highest BCUT2D eigenvalue weighted by molar-refractivity contribution is 5.44. The molecule has 18 heavy (non-hydrogen) atoms. The molecule has 96 valence electrons. The average molecular weight is 246 g/mol. The predicted octanol–water partition coefficient (Wildman–Crippen LogP) is 1.46. The second kappa shape index (κ2) is 6.00. The summed E-state index contributed by atoms with van der Waals surface area (Å²) in [5.41, 5.74) is 5.65. The van der Waals surface area contributed by atoms with Gasteiger partial charge in [0.25, 0.3) is 0 Å². The number of nitrogens with one attached hydrogen (secondary N) is 1. The van der Waals surface area contributed by atoms with Gasteiger partial charge in [0.05, 0.1) is 6.33 Å². The van der Waals surface area contributed by atoms with E-state index in [1.165, 1.54) is 0 Å². The number of nitrogens with two attached hydrogens (primary N) is 1. The molecule has 2 aromatic rings. The maximum absolute atomic E-state index is 5.65. The standard InChI is InChI=1S/C12H18N6/c1-10-16-11(13)8-12(17-10)15-4-2-3-6-18-7-5-14-9-18/h5,7-9H,2-4,6H2,1H3,(H3,13,15,16,17). The van der Waals surface area contributed by atoms with Crippen LogP contribution in [0.15, 0.2) is 24.8 Å². The minimum absolute atomic E-state index is 0.503. The SMILES string of the molecule is Cc1nc(N)cc(NCCCCn2ccnc2)n1. The zero-order valence-electron chi connectivity index (χ0n) is 10.5. The summed E-state index contributed by atoms with van der Waals surface area (Å²) in [5, 5.41) is 3.25. The third-order valence-corrected chi connectivity index (χ3v) is 2.57. The van der Waals surface area contributed by atoms with E-state index in [0.29, 0.717) is 11.6 Å². The van der Waals surface area contributed by atoms with Gasteiger partial charge in [-0.1, -0.05) is 0 Å². The minimum Gasteiger partial charge on any atom is -0.384 e. The molecule has 6 heteroatoms. The number of hydrogen-bond donors (Lipinski definition) is 2. The first kappa shape index (κ1) is 12.3. The summed E-state index contributed by atoms with van der Waals surface area (Å²) in [4.78, 5) is 12.3. The number of aromatic nitrogens is 4. The first-order valence-corrected chi connectivity index (χ1v) is 6.05. The Morgan fingerprint density at radius 3 is 2.94 bits per heavy atom. The van der Waals surface area contributed by atoms with Crippen LogP contribution in [-0.4, -0.2) is 26.1 Å². The lowest BCUT2D eigenvalue weighted by Gasteiger charge is -2.07. The number of aryl methyl sites for hydroxylation is 2. The van der Waals surface area contributed by atoms with E-state index in [1.807, 2.05) is 19.4 Å². The highest BCUT2D eigenvalue weighted by atomic mass is 15.0. The molecule has 0 aliphatic heterocycles. The maximum Gasteiger partial charge on any atom is 0.131 e. The normalized spacial score (nSPS) is 10.5. The Kier molecular flexibility index (Phi) is 4.11. The molecule has 0 aliphatic carbocycles. The van der Waals surface area contributed by atoms with Crippen LogP contribution in [0, 0.1) is 6.92 Å². The fourth-order valence-corrected chi connectivity index (χ4v) is 1.74. The number of unbranched alkanes of at least 4 members (excludes halogenated alkanes) is 1. The van der Waals surface area contributed by atoms with Crippen molar-refractivity contribution in [2.75, 3.05) is 17.6 Å². The van der Waals surface area contributed by atoms with Gasteiger partial charge in [-0.05, 0) is 19.8 Å². The molecule has 6 nitrogen and oxygen atoms in total. The molecule has 0 unspecified atom stereocenters. The van der Waals surface area contributed by atoms with Crippen molar-refractivity contribution in [3.05, 3.63) is 30.6 Å². The van der Waals surface area contributed by atoms with E-state index >= 15 is 0 Å². The van der Waals surface area contributed by atoms with Gasteiger partial charge in [0.15, 0.2) is 0 Å². The van der Waals surface area contributed by atoms with Gasteiger partial charge in [0, 0.05) is 31.5 Å². The van der Waals surface area contributed by atoms with Crippen LogP contribution in [0.3, 0.4) is 0 Å². The number of nitrogen functional groups attached to an aromatic ring is 1. The van der Waals surface area contributed by atoms with Crippen LogP contribution in [0.25, 0.3) is 0 Å². The lowest BCUT2D eigenvalue weighted by molar-refractivity contribution is 0.620. The van der Waals surface area contributed by atoms with E-state index in [-0.39, 0.29) is 0 Å². The van der Waals surface area contributed by atoms with Gasteiger partial charge in [-0.2, -0.15) is 0 Å². The molecule has 0 amide bonds. The van der Waals surface area contributed by atoms with E-state index in [2.05, 4.69) is 24.8 Å². The van der Waals surface area contributed by atoms with Gasteiger partial charge in [0.1, 0.15) is 17.5 Å². The Bertz CT molecular complexity index is 459. The molecule has 2 heterocycles. The summed E-state index contributed by atoms with van der Waals surface area (Å²) in [5.74, 6) is 1.99. The van der Waals surface area contributed by atoms with E-state index < -0.39 is 0 Å². The van der Waals surface area contributed by atoms with Gasteiger partial charge in [0.2, 0.25) is 0 Å². The molecular weight excluding hydrogens is 228 g/mol. The third-order valence-electron chi connectivity index (χ3n) is 2.57. The molecule has 0 spiro atoms. The molecule has 0 saturated heterocycles. The van der Waals surface area contributed by atoms with E-state index in [0.717, 1.165) is 31.7 Å². The fourth-order valence-electron chi connectivity index (χ4n) is 1.74. The minimum atomic E-state index is 0.503. The predicted molar refractivity (Wildman–Crippen MR) is 71.1 cm³/mol. The summed E-state index contributed by atoms with van der Waals surface area (Å²) in [6.45, 7) is 3.71. The molecule has 0 aliphatic rings. The monoisotopic (exact) mass is 246 g/mol. The van der Waals surface area contributed by atoms with Crippen LogP contribution in [-0.2, 0) is 6.54 Å². The molecule has 2 rings (SSSR count). The van der Waals surface area contributed by atoms with E-state index in [9.17, 15) is 0 Å². The Labute approximate surface area is 106 Å². The molecule has 0 bridgehead atoms. The van der Waals surface area contributed by atoms with Crippen molar-refractivity contribution in [2.45, 2.75) is 26.3 Å². The van der Waals surface area contributed by atoms with Crippen molar-refractivity contribution < 1.29 is 0 Å². The van der Waals surface area contributed by atoms with Gasteiger partial charge in [-0.15, -0.1) is 0 Å². The molecule has 0 fully saturated rings. The largest absolute Gasteiger partial charge is 0.384 e. The van der Waals surface area contributed by atoms with Gasteiger partial charge in [-0.25, -0.2) is 15.0 Å². The third kappa shape index (κ3) is 3.73. The molecular formula is C12H18N6. The van der Waals surface area contributed by atoms with Crippen LogP contribution in [0.4, 0.5) is 11.6 Å². The maximum atomic E-state index is 5.65. The van der Waals surface area contributed by atoms with Gasteiger partial charge < -0.3 is 15.6 Å². The van der Waals surface area contributed by atoms with Crippen molar-refractivity contribution in [1.29, 1.82) is 0 Å². The van der Waals surface area contributed by atoms with Gasteiger partial charge >= 0.3 is 0 Å². The number of rotatable bonds is 6. The summed E-state index contributed by atoms with van der Waals surface area (Å²) >= 11 is 0. The second-order valence-corrected chi connectivity index (χ2v) is 4.16. The Morgan fingerprint density at radius 1 is 1.33 bits per heavy atom. The number of hydrogen-bond acceptors (Lipinski definition) is 5. The summed E-state index contributed by atoms with van der Waals surface area (Å²) in [6, 6.07) is 1.75. The van der Waals surface area contributed by atoms with Crippen molar-refractivity contribution >= 4 is 11.6 Å². The van der Waals surface area contributed by atoms with Crippen LogP contribution in [0.2, 0.25) is 0 Å². The molecule has 0 radical (unpaired) electrons. The summed E-state index contributed by atoms with van der Waals surface area (Å²) in [7, 11) is 0. The smallest absolute Gasteiger partial charge is 0.131 e. The Morgan fingerprint density at radius 2 is 2.22 bits per heavy atom. The lowest BCUT2D eigenvalue weighted by atomic mass is 10.3. The number of anilines is 2. The highest BCUT2D eigenvalue weighted by Crippen LogP contribution is 2.07. The Hall–Kier alpha value is -2.11. The van der Waals surface area contributed by atoms with E-state index in [4.69, 9.17) is 5.73 Å². The average Bonchev–Trinajstić information content (AvgIpc) is 2.80. The van der Waals surface area contributed by atoms with Crippen molar-refractivity contribution in [3.8, 4) is 0 Å². The van der Waals surface area contributed by atoms with Crippen LogP contribution < -0.4 is 11.1 Å². The van der Waals surface area contributed by atoms with Crippen molar-refractivity contribution in [2.24, 2.45) is 0 Å². The zero-order valence-corrected chi connectivity index (χ0v) is 10.5. The first-order valence-electron chi connectivity index (χ1n) is 6.05. The zero-order chi connectivity index (χ0) is 12.8. The molecule has 0 saturated carbocycles. The topological polar surface area (TPSA) is 81.6 Å². The highest BCUT2D eigenvalue weighted by Gasteiger charge is 1.98. The number of nitrogens with zero attached hydrogens (tertiary/aromatic N) is 4. The van der Waals surface area contributed by atoms with Crippen molar-refractivity contribution in [3.63, 3.8) is 0 Å².